The molecule has 1 saturated heterocycles. The number of allylic oxidation sites excluding steroid dienone is 11. The Kier molecular flexibility index (Phi) is 19.0. The Balaban J connectivity index is 0.000000845. The van der Waals surface area contributed by atoms with E-state index in [1.54, 1.807) is 51.2 Å². The number of aliphatic imine (C=N–C) groups is 1. The van der Waals surface area contributed by atoms with E-state index in [-0.39, 0.29) is 19.6 Å². The molecule has 1 aromatic rings. The maximum atomic E-state index is 14.9. The van der Waals surface area contributed by atoms with Crippen LogP contribution in [-0.4, -0.2) is 103 Å². The second kappa shape index (κ2) is 21.5. The Morgan fingerprint density at radius 2 is 1.68 bits per heavy atom. The summed E-state index contributed by atoms with van der Waals surface area (Å²) >= 11 is 0. The van der Waals surface area contributed by atoms with Gasteiger partial charge in [-0.15, -0.1) is 0 Å². The summed E-state index contributed by atoms with van der Waals surface area (Å²) in [6, 6.07) is 7.81. The molecule has 1 fully saturated rings. The van der Waals surface area contributed by atoms with Crippen LogP contribution in [0.5, 0.6) is 0 Å². The Hall–Kier alpha value is -4.16. The van der Waals surface area contributed by atoms with E-state index < -0.39 is 35.0 Å². The number of carbonyl (C=O) groups is 1. The standard InChI is InChI=1S/C27H37BFN3O7.C13H19N/c1-6-8-13-30-18(4)23(20(7-2)21-11-9-10-12-22(21)29)19(5)31-14-15-32(17(3)16-31)24(33)25(34,26(28,35)36)27(37,38)39;1-4-6-7-9-13(11-14)10-12(3)8-5-2/h7-13,17,34-39H,6,14-16H2,1-5H3;6-7,9-10H,4-5,8H2,1-3H3/b13-8+,20-7-,23-19-,30-18+;7-6+,12-10+,13-9+. The molecule has 0 aliphatic carbocycles. The third-order valence-electron chi connectivity index (χ3n) is 8.57. The highest BCUT2D eigenvalue weighted by Gasteiger charge is 2.66. The van der Waals surface area contributed by atoms with E-state index in [0.717, 1.165) is 36.2 Å². The number of nitrogens with zero attached hydrogens (tertiary/aromatic N) is 4. The zero-order valence-electron chi connectivity index (χ0n) is 32.2. The van der Waals surface area contributed by atoms with Crippen LogP contribution < -0.4 is 0 Å². The smallest absolute Gasteiger partial charge is 0.320 e. The van der Waals surface area contributed by atoms with Crippen LogP contribution in [0.2, 0.25) is 0 Å². The summed E-state index contributed by atoms with van der Waals surface area (Å²) in [5.41, 5.74) is -2.86. The van der Waals surface area contributed by atoms with Gasteiger partial charge in [-0.3, -0.25) is 9.79 Å². The van der Waals surface area contributed by atoms with Crippen molar-refractivity contribution in [1.29, 1.82) is 5.26 Å². The molecule has 2 unspecified atom stereocenters. The molecular formula is C40H56BFN4O7. The van der Waals surface area contributed by atoms with E-state index in [1.165, 1.54) is 11.6 Å². The van der Waals surface area contributed by atoms with Crippen molar-refractivity contribution in [3.8, 4) is 6.07 Å². The second-order valence-corrected chi connectivity index (χ2v) is 12.8. The van der Waals surface area contributed by atoms with E-state index in [0.29, 0.717) is 28.1 Å². The number of hydrogen-bond donors (Lipinski definition) is 6. The normalized spacial score (nSPS) is 18.4. The highest BCUT2D eigenvalue weighted by atomic mass is 19.1. The number of nitriles is 1. The molecule has 0 spiro atoms. The largest absolute Gasteiger partial charge is 0.371 e. The Bertz CT molecular complexity index is 1630. The predicted molar refractivity (Wildman–Crippen MR) is 207 cm³/mol. The Morgan fingerprint density at radius 3 is 2.17 bits per heavy atom. The quantitative estimate of drug-likeness (QED) is 0.0518. The molecule has 2 radical (unpaired) electrons. The van der Waals surface area contributed by atoms with Gasteiger partial charge in [-0.25, -0.2) is 4.39 Å². The molecule has 1 heterocycles. The third kappa shape index (κ3) is 12.7. The minimum absolute atomic E-state index is 0.129. The molecule has 1 aliphatic heterocycles. The monoisotopic (exact) mass is 734 g/mol. The maximum Gasteiger partial charge on any atom is 0.320 e. The molecule has 0 bridgehead atoms. The van der Waals surface area contributed by atoms with Crippen molar-refractivity contribution in [1.82, 2.24) is 9.80 Å². The maximum absolute atomic E-state index is 14.9. The SMILES string of the molecule is CC/C=C/C=C(C#N)\C=C(/C)CCC.[B]C(O)(O)C(O)(C(=O)N1CCN(/C(C)=C(C(=C/C)\c2ccccc2F)/C(C)=N/C=C/CC)CC1C)C(O)(O)O. The highest BCUT2D eigenvalue weighted by Crippen LogP contribution is 2.34. The van der Waals surface area contributed by atoms with Crippen LogP contribution in [0.4, 0.5) is 4.39 Å². The number of hydrogen-bond acceptors (Lipinski definition) is 10. The van der Waals surface area contributed by atoms with Crippen molar-refractivity contribution in [3.05, 3.63) is 101 Å². The molecule has 2 atom stereocenters. The molecule has 288 valence electrons. The number of amides is 1. The number of piperazine rings is 1. The van der Waals surface area contributed by atoms with Gasteiger partial charge in [0.15, 0.2) is 13.5 Å². The van der Waals surface area contributed by atoms with Crippen molar-refractivity contribution in [3.63, 3.8) is 0 Å². The Labute approximate surface area is 315 Å². The average molecular weight is 735 g/mol. The third-order valence-corrected chi connectivity index (χ3v) is 8.57. The summed E-state index contributed by atoms with van der Waals surface area (Å²) in [6.07, 6.45) is 17.1. The molecule has 11 nitrogen and oxygen atoms in total. The summed E-state index contributed by atoms with van der Waals surface area (Å²) in [6.45, 7) is 15.4. The van der Waals surface area contributed by atoms with Crippen LogP contribution in [0.25, 0.3) is 5.57 Å². The lowest BCUT2D eigenvalue weighted by atomic mass is 9.75. The minimum atomic E-state index is -4.26. The first kappa shape index (κ1) is 46.9. The average Bonchev–Trinajstić information content (AvgIpc) is 3.09. The molecule has 0 aromatic heterocycles. The minimum Gasteiger partial charge on any atom is -0.371 e. The van der Waals surface area contributed by atoms with E-state index in [4.69, 9.17) is 13.1 Å². The van der Waals surface area contributed by atoms with Gasteiger partial charge in [-0.05, 0) is 77.7 Å². The van der Waals surface area contributed by atoms with Crippen LogP contribution in [0.1, 0.15) is 86.6 Å². The number of carbonyl (C=O) groups excluding carboxylic acids is 1. The van der Waals surface area contributed by atoms with Crippen LogP contribution in [-0.2, 0) is 4.79 Å². The van der Waals surface area contributed by atoms with E-state index in [1.807, 2.05) is 49.1 Å². The zero-order valence-corrected chi connectivity index (χ0v) is 32.2. The lowest BCUT2D eigenvalue weighted by molar-refractivity contribution is -0.419. The molecule has 13 heteroatoms. The van der Waals surface area contributed by atoms with Gasteiger partial charge < -0.3 is 40.4 Å². The fourth-order valence-corrected chi connectivity index (χ4v) is 5.74. The molecule has 1 aromatic carbocycles. The van der Waals surface area contributed by atoms with Gasteiger partial charge in [0, 0.05) is 54.4 Å². The highest BCUT2D eigenvalue weighted by molar-refractivity contribution is 6.17. The van der Waals surface area contributed by atoms with Crippen molar-refractivity contribution in [2.24, 2.45) is 4.99 Å². The molecule has 1 amide bonds. The Morgan fingerprint density at radius 1 is 1.06 bits per heavy atom. The lowest BCUT2D eigenvalue weighted by Gasteiger charge is -2.48. The van der Waals surface area contributed by atoms with Crippen LogP contribution >= 0.6 is 0 Å². The predicted octanol–water partition coefficient (Wildman–Crippen LogP) is 4.74. The van der Waals surface area contributed by atoms with Crippen LogP contribution in [0, 0.1) is 17.1 Å². The molecule has 53 heavy (non-hydrogen) atoms. The molecule has 6 N–H and O–H groups in total. The molecule has 0 saturated carbocycles. The van der Waals surface area contributed by atoms with Crippen molar-refractivity contribution in [2.75, 3.05) is 19.6 Å². The first-order valence-corrected chi connectivity index (χ1v) is 17.7. The molecular weight excluding hydrogens is 678 g/mol. The number of aliphatic hydroxyl groups is 6. The van der Waals surface area contributed by atoms with Gasteiger partial charge in [0.25, 0.3) is 11.5 Å². The fourth-order valence-electron chi connectivity index (χ4n) is 5.74. The lowest BCUT2D eigenvalue weighted by Crippen LogP contribution is -2.76. The number of benzene rings is 1. The first-order valence-electron chi connectivity index (χ1n) is 17.7. The van der Waals surface area contributed by atoms with E-state index in [2.05, 4.69) is 31.8 Å². The van der Waals surface area contributed by atoms with Crippen molar-refractivity contribution < 1.29 is 39.8 Å². The first-order chi connectivity index (χ1) is 24.8. The van der Waals surface area contributed by atoms with E-state index in [9.17, 15) is 39.8 Å². The number of halogens is 1. The van der Waals surface area contributed by atoms with Gasteiger partial charge in [-0.2, -0.15) is 5.26 Å². The van der Waals surface area contributed by atoms with Crippen molar-refractivity contribution in [2.45, 2.75) is 104 Å². The van der Waals surface area contributed by atoms with Crippen LogP contribution in [0.15, 0.2) is 94.3 Å². The van der Waals surface area contributed by atoms with Crippen molar-refractivity contribution >= 4 is 25.0 Å². The summed E-state index contributed by atoms with van der Waals surface area (Å²) in [5.74, 6) is -6.27. The summed E-state index contributed by atoms with van der Waals surface area (Å²) in [5, 5.41) is 67.5. The summed E-state index contributed by atoms with van der Waals surface area (Å²) < 4.78 is 14.9. The van der Waals surface area contributed by atoms with Gasteiger partial charge in [0.2, 0.25) is 0 Å². The molecule has 2 rings (SSSR count). The second-order valence-electron chi connectivity index (χ2n) is 12.8. The van der Waals surface area contributed by atoms with Gasteiger partial charge in [0.05, 0.1) is 11.6 Å². The number of rotatable bonds is 14. The van der Waals surface area contributed by atoms with Gasteiger partial charge in [-0.1, -0.05) is 75.3 Å². The van der Waals surface area contributed by atoms with Gasteiger partial charge >= 0.3 is 5.97 Å². The summed E-state index contributed by atoms with van der Waals surface area (Å²) in [4.78, 5) is 20.5. The zero-order chi connectivity index (χ0) is 40.6. The fraction of sp³-hybridized carbons (Fsp3) is 0.475. The van der Waals surface area contributed by atoms with Crippen LogP contribution in [0.3, 0.4) is 0 Å². The van der Waals surface area contributed by atoms with Gasteiger partial charge in [0.1, 0.15) is 5.82 Å². The summed E-state index contributed by atoms with van der Waals surface area (Å²) in [7, 11) is 5.03. The topological polar surface area (TPSA) is 181 Å². The van der Waals surface area contributed by atoms with E-state index >= 15 is 0 Å². The molecule has 1 aliphatic rings.